The minimum atomic E-state index is -2.74. The van der Waals surface area contributed by atoms with E-state index in [1.807, 2.05) is 0 Å². The summed E-state index contributed by atoms with van der Waals surface area (Å²) in [6.07, 6.45) is -2.16. The summed E-state index contributed by atoms with van der Waals surface area (Å²) in [5.41, 5.74) is 2.53. The van der Waals surface area contributed by atoms with Crippen molar-refractivity contribution in [3.63, 3.8) is 0 Å². The topological polar surface area (TPSA) is 176 Å². The van der Waals surface area contributed by atoms with E-state index in [0.717, 1.165) is 0 Å². The number of aliphatic hydroxyl groups is 1. The number of carboxylic acids is 2. The van der Waals surface area contributed by atoms with Gasteiger partial charge in [-0.05, 0) is 6.92 Å². The molecule has 0 aromatic carbocycles. The van der Waals surface area contributed by atoms with E-state index in [9.17, 15) is 24.3 Å². The number of hydrogen-bond donors (Lipinski definition) is 5. The van der Waals surface area contributed by atoms with Gasteiger partial charge in [0, 0.05) is 0 Å². The van der Waals surface area contributed by atoms with Crippen LogP contribution in [0.1, 0.15) is 19.8 Å². The highest BCUT2D eigenvalue weighted by Crippen LogP contribution is 2.16. The van der Waals surface area contributed by atoms with Gasteiger partial charge in [0.15, 0.2) is 5.60 Å². The molecule has 0 radical (unpaired) electrons. The number of aliphatic carboxylic acids is 2. The van der Waals surface area contributed by atoms with Crippen molar-refractivity contribution in [1.82, 2.24) is 5.32 Å². The highest BCUT2D eigenvalue weighted by molar-refractivity contribution is 5.88. The molecule has 0 saturated carbocycles. The largest absolute Gasteiger partial charge is 0.481 e. The van der Waals surface area contributed by atoms with Crippen molar-refractivity contribution in [2.45, 2.75) is 31.4 Å². The van der Waals surface area contributed by atoms with Gasteiger partial charge in [0.25, 0.3) is 0 Å². The molecular weight excluding hydrogens is 288 g/mol. The van der Waals surface area contributed by atoms with Gasteiger partial charge >= 0.3 is 17.9 Å². The molecule has 21 heavy (non-hydrogen) atoms. The molecule has 10 nitrogen and oxygen atoms in total. The standard InChI is InChI=1S/C11H18N2O8/c1-6(12)9(17)13-2-3-21-8(16)5-11(20,10(18)19)4-7(14)15/h6,20H,2-5,12H2,1H3,(H,13,17)(H,14,15)(H,18,19)/t6-,11?/m1/s1. The molecule has 6 N–H and O–H groups in total. The fourth-order valence-electron chi connectivity index (χ4n) is 1.25. The summed E-state index contributed by atoms with van der Waals surface area (Å²) in [7, 11) is 0. The van der Waals surface area contributed by atoms with Gasteiger partial charge in [-0.2, -0.15) is 0 Å². The van der Waals surface area contributed by atoms with Crippen LogP contribution in [-0.4, -0.2) is 63.9 Å². The van der Waals surface area contributed by atoms with Crippen LogP contribution in [0.3, 0.4) is 0 Å². The number of ether oxygens (including phenoxy) is 1. The average molecular weight is 306 g/mol. The zero-order valence-electron chi connectivity index (χ0n) is 11.4. The molecule has 0 spiro atoms. The van der Waals surface area contributed by atoms with E-state index >= 15 is 0 Å². The van der Waals surface area contributed by atoms with Gasteiger partial charge in [-0.25, -0.2) is 4.79 Å². The van der Waals surface area contributed by atoms with Gasteiger partial charge in [0.2, 0.25) is 5.91 Å². The molecule has 0 fully saturated rings. The van der Waals surface area contributed by atoms with Crippen LogP contribution in [0.4, 0.5) is 0 Å². The van der Waals surface area contributed by atoms with Crippen molar-refractivity contribution in [1.29, 1.82) is 0 Å². The number of nitrogens with two attached hydrogens (primary N) is 1. The van der Waals surface area contributed by atoms with Crippen LogP contribution in [0.2, 0.25) is 0 Å². The van der Waals surface area contributed by atoms with Crippen LogP contribution in [0.25, 0.3) is 0 Å². The molecule has 0 saturated heterocycles. The lowest BCUT2D eigenvalue weighted by atomic mass is 9.96. The van der Waals surface area contributed by atoms with E-state index < -0.39 is 48.3 Å². The number of amides is 1. The molecule has 0 bridgehead atoms. The number of nitrogens with one attached hydrogen (secondary N) is 1. The monoisotopic (exact) mass is 306 g/mol. The van der Waals surface area contributed by atoms with E-state index in [2.05, 4.69) is 10.1 Å². The first-order chi connectivity index (χ1) is 9.58. The van der Waals surface area contributed by atoms with Crippen LogP contribution in [0.15, 0.2) is 0 Å². The number of carbonyl (C=O) groups excluding carboxylic acids is 2. The lowest BCUT2D eigenvalue weighted by molar-refractivity contribution is -0.171. The second-order valence-electron chi connectivity index (χ2n) is 4.38. The Labute approximate surface area is 119 Å². The van der Waals surface area contributed by atoms with Gasteiger partial charge < -0.3 is 31.1 Å². The van der Waals surface area contributed by atoms with Crippen LogP contribution in [0, 0.1) is 0 Å². The van der Waals surface area contributed by atoms with E-state index in [4.69, 9.17) is 15.9 Å². The van der Waals surface area contributed by atoms with Crippen molar-refractivity contribution < 1.29 is 39.2 Å². The lowest BCUT2D eigenvalue weighted by Gasteiger charge is -2.20. The SMILES string of the molecule is C[C@@H](N)C(=O)NCCOC(=O)CC(O)(CC(=O)O)C(=O)O. The number of carboxylic acid groups (broad SMARTS) is 2. The smallest absolute Gasteiger partial charge is 0.336 e. The lowest BCUT2D eigenvalue weighted by Crippen LogP contribution is -2.43. The molecule has 1 unspecified atom stereocenters. The Morgan fingerprint density at radius 1 is 1.24 bits per heavy atom. The summed E-state index contributed by atoms with van der Waals surface area (Å²) in [4.78, 5) is 43.7. The molecular formula is C11H18N2O8. The molecule has 1 amide bonds. The maximum absolute atomic E-state index is 11.3. The summed E-state index contributed by atoms with van der Waals surface area (Å²) >= 11 is 0. The average Bonchev–Trinajstić information content (AvgIpc) is 2.32. The van der Waals surface area contributed by atoms with Gasteiger partial charge in [-0.1, -0.05) is 0 Å². The van der Waals surface area contributed by atoms with Crippen molar-refractivity contribution in [2.75, 3.05) is 13.2 Å². The maximum Gasteiger partial charge on any atom is 0.336 e. The molecule has 2 atom stereocenters. The van der Waals surface area contributed by atoms with E-state index in [-0.39, 0.29) is 13.2 Å². The Bertz CT molecular complexity index is 422. The van der Waals surface area contributed by atoms with Crippen LogP contribution < -0.4 is 11.1 Å². The second-order valence-corrected chi connectivity index (χ2v) is 4.38. The minimum absolute atomic E-state index is 0.0451. The van der Waals surface area contributed by atoms with Crippen molar-refractivity contribution in [2.24, 2.45) is 5.73 Å². The van der Waals surface area contributed by atoms with Crippen molar-refractivity contribution in [3.05, 3.63) is 0 Å². The molecule has 10 heteroatoms. The summed E-state index contributed by atoms with van der Waals surface area (Å²) < 4.78 is 4.59. The number of rotatable bonds is 9. The Morgan fingerprint density at radius 2 is 1.81 bits per heavy atom. The second kappa shape index (κ2) is 8.17. The molecule has 0 aliphatic rings. The predicted molar refractivity (Wildman–Crippen MR) is 67.1 cm³/mol. The van der Waals surface area contributed by atoms with Crippen molar-refractivity contribution >= 4 is 23.8 Å². The third kappa shape index (κ3) is 7.22. The van der Waals surface area contributed by atoms with Gasteiger partial charge in [-0.3, -0.25) is 14.4 Å². The van der Waals surface area contributed by atoms with Crippen molar-refractivity contribution in [3.8, 4) is 0 Å². The van der Waals surface area contributed by atoms with Gasteiger partial charge in [0.1, 0.15) is 6.61 Å². The Balaban J connectivity index is 4.25. The van der Waals surface area contributed by atoms with Gasteiger partial charge in [0.05, 0.1) is 25.4 Å². The first kappa shape index (κ1) is 18.8. The third-order valence-corrected chi connectivity index (χ3v) is 2.36. The minimum Gasteiger partial charge on any atom is -0.481 e. The van der Waals surface area contributed by atoms with E-state index in [0.29, 0.717) is 0 Å². The zero-order valence-corrected chi connectivity index (χ0v) is 11.4. The van der Waals surface area contributed by atoms with Crippen LogP contribution in [-0.2, 0) is 23.9 Å². The van der Waals surface area contributed by atoms with E-state index in [1.54, 1.807) is 0 Å². The quantitative estimate of drug-likeness (QED) is 0.231. The first-order valence-electron chi connectivity index (χ1n) is 5.95. The van der Waals surface area contributed by atoms with E-state index in [1.165, 1.54) is 6.92 Å². The molecule has 120 valence electrons. The highest BCUT2D eigenvalue weighted by atomic mass is 16.5. The predicted octanol–water partition coefficient (Wildman–Crippen LogP) is -2.33. The summed E-state index contributed by atoms with van der Waals surface area (Å²) in [5.74, 6) is -4.97. The Morgan fingerprint density at radius 3 is 2.24 bits per heavy atom. The summed E-state index contributed by atoms with van der Waals surface area (Å²) in [6, 6.07) is -0.728. The number of carbonyl (C=O) groups is 4. The Hall–Kier alpha value is -2.20. The van der Waals surface area contributed by atoms with Gasteiger partial charge in [-0.15, -0.1) is 0 Å². The fourth-order valence-corrected chi connectivity index (χ4v) is 1.25. The summed E-state index contributed by atoms with van der Waals surface area (Å²) in [5, 5.41) is 29.2. The highest BCUT2D eigenvalue weighted by Gasteiger charge is 2.41. The summed E-state index contributed by atoms with van der Waals surface area (Å²) in [6.45, 7) is 1.15. The fraction of sp³-hybridized carbons (Fsp3) is 0.636. The molecule has 0 rings (SSSR count). The van der Waals surface area contributed by atoms with Crippen LogP contribution >= 0.6 is 0 Å². The van der Waals surface area contributed by atoms with Crippen LogP contribution in [0.5, 0.6) is 0 Å². The zero-order chi connectivity index (χ0) is 16.6. The first-order valence-corrected chi connectivity index (χ1v) is 5.95. The molecule has 0 heterocycles. The molecule has 0 aliphatic carbocycles. The Kier molecular flexibility index (Phi) is 7.31. The third-order valence-electron chi connectivity index (χ3n) is 2.36. The number of hydrogen-bond acceptors (Lipinski definition) is 7. The number of esters is 1. The molecule has 0 aromatic heterocycles. The molecule has 0 aliphatic heterocycles. The molecule has 0 aromatic rings. The normalized spacial score (nSPS) is 14.6. The maximum atomic E-state index is 11.3.